The number of hydrogen-bond donors (Lipinski definition) is 1. The maximum absolute atomic E-state index is 13.8. The lowest BCUT2D eigenvalue weighted by Crippen LogP contribution is -2.53. The number of rotatable bonds is 4. The Kier molecular flexibility index (Phi) is 5.94. The monoisotopic (exact) mass is 457 g/mol. The van der Waals surface area contributed by atoms with E-state index in [2.05, 4.69) is 20.8 Å². The van der Waals surface area contributed by atoms with Gasteiger partial charge in [0.05, 0.1) is 19.2 Å². The highest BCUT2D eigenvalue weighted by molar-refractivity contribution is 6.31. The molecule has 2 aromatic rings. The smallest absolute Gasteiger partial charge is 0.306 e. The van der Waals surface area contributed by atoms with Gasteiger partial charge in [-0.3, -0.25) is 9.59 Å². The second kappa shape index (κ2) is 8.41. The van der Waals surface area contributed by atoms with E-state index in [0.29, 0.717) is 10.8 Å². The van der Waals surface area contributed by atoms with E-state index in [9.17, 15) is 14.7 Å². The number of hydrogen-bond acceptors (Lipinski definition) is 4. The Balaban J connectivity index is 1.97. The van der Waals surface area contributed by atoms with Crippen molar-refractivity contribution in [1.29, 1.82) is 0 Å². The zero-order valence-electron chi connectivity index (χ0n) is 18.7. The summed E-state index contributed by atoms with van der Waals surface area (Å²) in [6, 6.07) is 11.1. The number of amides is 1. The molecule has 2 aliphatic rings. The summed E-state index contributed by atoms with van der Waals surface area (Å²) in [5.74, 6) is -0.750. The molecular weight excluding hydrogens is 430 g/mol. The van der Waals surface area contributed by atoms with Gasteiger partial charge in [0.25, 0.3) is 5.91 Å². The molecular formula is C25H28ClNO5. The largest absolute Gasteiger partial charge is 0.497 e. The maximum atomic E-state index is 13.8. The van der Waals surface area contributed by atoms with Crippen molar-refractivity contribution < 1.29 is 24.2 Å². The van der Waals surface area contributed by atoms with Gasteiger partial charge in [-0.2, -0.15) is 0 Å². The van der Waals surface area contributed by atoms with Crippen LogP contribution in [0.4, 0.5) is 5.69 Å². The molecule has 0 radical (unpaired) electrons. The van der Waals surface area contributed by atoms with Crippen molar-refractivity contribution in [3.8, 4) is 5.75 Å². The highest BCUT2D eigenvalue weighted by Gasteiger charge is 2.46. The van der Waals surface area contributed by atoms with E-state index in [0.717, 1.165) is 35.2 Å². The van der Waals surface area contributed by atoms with Gasteiger partial charge in [-0.1, -0.05) is 44.5 Å². The summed E-state index contributed by atoms with van der Waals surface area (Å²) in [5, 5.41) is 10.1. The second-order valence-electron chi connectivity index (χ2n) is 9.51. The van der Waals surface area contributed by atoms with E-state index in [4.69, 9.17) is 21.1 Å². The van der Waals surface area contributed by atoms with Gasteiger partial charge in [0.15, 0.2) is 0 Å². The number of aryl methyl sites for hydroxylation is 1. The van der Waals surface area contributed by atoms with Crippen molar-refractivity contribution in [2.24, 2.45) is 5.41 Å². The molecule has 0 fully saturated rings. The number of anilines is 1. The number of carbonyl (C=O) groups is 2. The van der Waals surface area contributed by atoms with Crippen LogP contribution < -0.4 is 9.64 Å². The molecule has 0 aliphatic carbocycles. The summed E-state index contributed by atoms with van der Waals surface area (Å²) in [4.78, 5) is 27.2. The van der Waals surface area contributed by atoms with Crippen molar-refractivity contribution in [3.63, 3.8) is 0 Å². The third-order valence-electron chi connectivity index (χ3n) is 6.27. The van der Waals surface area contributed by atoms with Gasteiger partial charge in [0.1, 0.15) is 18.0 Å². The number of halogens is 1. The number of methoxy groups -OCH3 is 1. The topological polar surface area (TPSA) is 76.1 Å². The molecule has 2 aliphatic heterocycles. The fourth-order valence-corrected chi connectivity index (χ4v) is 5.08. The van der Waals surface area contributed by atoms with Crippen LogP contribution in [-0.4, -0.2) is 36.2 Å². The molecule has 6 nitrogen and oxygen atoms in total. The van der Waals surface area contributed by atoms with Gasteiger partial charge in [0, 0.05) is 16.6 Å². The first-order valence-corrected chi connectivity index (χ1v) is 11.1. The molecule has 1 amide bonds. The standard InChI is InChI=1S/C25H28ClNO5/c1-25(2,3)20-9-8-14-10-16(26)12-18-22(14)27(20)24(30)19(13-21(28)29)32-23(18)15-6-5-7-17(11-15)31-4/h5-7,10-12,19-20,23H,8-9,13H2,1-4H3,(H,28,29)/t19-,20+,23-/m1/s1. The molecule has 7 heteroatoms. The Morgan fingerprint density at radius 3 is 2.69 bits per heavy atom. The summed E-state index contributed by atoms with van der Waals surface area (Å²) in [6.07, 6.45) is -0.640. The Hall–Kier alpha value is -2.57. The lowest BCUT2D eigenvalue weighted by molar-refractivity contribution is -0.147. The van der Waals surface area contributed by atoms with E-state index in [1.54, 1.807) is 12.0 Å². The average molecular weight is 458 g/mol. The molecule has 2 aromatic carbocycles. The summed E-state index contributed by atoms with van der Waals surface area (Å²) < 4.78 is 11.7. The molecule has 0 bridgehead atoms. The number of carboxylic acid groups (broad SMARTS) is 1. The second-order valence-corrected chi connectivity index (χ2v) is 9.95. The minimum Gasteiger partial charge on any atom is -0.497 e. The third kappa shape index (κ3) is 4.09. The zero-order chi connectivity index (χ0) is 23.2. The number of carbonyl (C=O) groups excluding carboxylic acids is 1. The highest BCUT2D eigenvalue weighted by atomic mass is 35.5. The quantitative estimate of drug-likeness (QED) is 0.698. The van der Waals surface area contributed by atoms with Crippen molar-refractivity contribution in [2.45, 2.75) is 58.3 Å². The Morgan fingerprint density at radius 2 is 2.03 bits per heavy atom. The molecule has 4 rings (SSSR count). The van der Waals surface area contributed by atoms with Gasteiger partial charge < -0.3 is 19.5 Å². The van der Waals surface area contributed by atoms with Gasteiger partial charge in [-0.25, -0.2) is 0 Å². The van der Waals surface area contributed by atoms with Gasteiger partial charge in [0.2, 0.25) is 0 Å². The molecule has 1 N–H and O–H groups in total. The van der Waals surface area contributed by atoms with E-state index in [1.807, 2.05) is 36.4 Å². The number of nitrogens with zero attached hydrogens (tertiary/aromatic N) is 1. The molecule has 32 heavy (non-hydrogen) atoms. The molecule has 0 spiro atoms. The zero-order valence-corrected chi connectivity index (χ0v) is 19.5. The summed E-state index contributed by atoms with van der Waals surface area (Å²) >= 11 is 6.50. The first-order valence-electron chi connectivity index (χ1n) is 10.8. The van der Waals surface area contributed by atoms with Crippen LogP contribution in [0.1, 0.15) is 56.4 Å². The lowest BCUT2D eigenvalue weighted by atomic mass is 9.78. The molecule has 2 heterocycles. The van der Waals surface area contributed by atoms with Crippen LogP contribution in [0.25, 0.3) is 0 Å². The SMILES string of the molecule is COc1cccc([C@H]2O[C@H](CC(=O)O)C(=O)N3c4c(cc(Cl)cc42)CC[C@H]3C(C)(C)C)c1. The predicted molar refractivity (Wildman–Crippen MR) is 122 cm³/mol. The molecule has 3 atom stereocenters. The van der Waals surface area contributed by atoms with Crippen molar-refractivity contribution in [1.82, 2.24) is 0 Å². The van der Waals surface area contributed by atoms with E-state index in [-0.39, 0.29) is 17.4 Å². The molecule has 0 saturated heterocycles. The molecule has 0 unspecified atom stereocenters. The average Bonchev–Trinajstić information content (AvgIpc) is 2.84. The van der Waals surface area contributed by atoms with Crippen LogP contribution in [0.5, 0.6) is 5.75 Å². The van der Waals surface area contributed by atoms with Crippen LogP contribution in [0, 0.1) is 5.41 Å². The van der Waals surface area contributed by atoms with Gasteiger partial charge in [-0.05, 0) is 53.6 Å². The molecule has 170 valence electrons. The van der Waals surface area contributed by atoms with Crippen molar-refractivity contribution in [3.05, 3.63) is 58.1 Å². The maximum Gasteiger partial charge on any atom is 0.306 e. The summed E-state index contributed by atoms with van der Waals surface area (Å²) in [7, 11) is 1.58. The predicted octanol–water partition coefficient (Wildman–Crippen LogP) is 5.01. The van der Waals surface area contributed by atoms with Crippen molar-refractivity contribution >= 4 is 29.2 Å². The van der Waals surface area contributed by atoms with Gasteiger partial charge >= 0.3 is 5.97 Å². The molecule has 0 aromatic heterocycles. The first-order chi connectivity index (χ1) is 15.1. The van der Waals surface area contributed by atoms with Crippen LogP contribution in [0.2, 0.25) is 5.02 Å². The van der Waals surface area contributed by atoms with E-state index < -0.39 is 24.6 Å². The number of benzene rings is 2. The van der Waals surface area contributed by atoms with Crippen molar-refractivity contribution in [2.75, 3.05) is 12.0 Å². The number of carboxylic acids is 1. The Labute approximate surface area is 193 Å². The summed E-state index contributed by atoms with van der Waals surface area (Å²) in [5.41, 5.74) is 3.13. The van der Waals surface area contributed by atoms with Crippen LogP contribution in [0.15, 0.2) is 36.4 Å². The van der Waals surface area contributed by atoms with Crippen LogP contribution in [-0.2, 0) is 20.7 Å². The number of aliphatic carboxylic acids is 1. The van der Waals surface area contributed by atoms with Crippen LogP contribution in [0.3, 0.4) is 0 Å². The van der Waals surface area contributed by atoms with Crippen LogP contribution >= 0.6 is 11.6 Å². The Morgan fingerprint density at radius 1 is 1.28 bits per heavy atom. The first kappa shape index (κ1) is 22.6. The highest BCUT2D eigenvalue weighted by Crippen LogP contribution is 2.48. The lowest BCUT2D eigenvalue weighted by Gasteiger charge is -2.45. The minimum atomic E-state index is -1.12. The Bertz CT molecular complexity index is 1060. The minimum absolute atomic E-state index is 0.0913. The fourth-order valence-electron chi connectivity index (χ4n) is 4.83. The number of ether oxygens (including phenoxy) is 2. The fraction of sp³-hybridized carbons (Fsp3) is 0.440. The normalized spacial score (nSPS) is 22.8. The van der Waals surface area contributed by atoms with Gasteiger partial charge in [-0.15, -0.1) is 0 Å². The van der Waals surface area contributed by atoms with E-state index >= 15 is 0 Å². The third-order valence-corrected chi connectivity index (χ3v) is 6.49. The molecule has 0 saturated carbocycles. The van der Waals surface area contributed by atoms with E-state index in [1.165, 1.54) is 0 Å². The summed E-state index contributed by atoms with van der Waals surface area (Å²) in [6.45, 7) is 6.30.